The summed E-state index contributed by atoms with van der Waals surface area (Å²) < 4.78 is 1.87. The van der Waals surface area contributed by atoms with E-state index in [0.717, 1.165) is 24.1 Å². The van der Waals surface area contributed by atoms with Gasteiger partial charge in [-0.25, -0.2) is 4.98 Å². The predicted molar refractivity (Wildman–Crippen MR) is 60.4 cm³/mol. The number of hydrogen-bond acceptors (Lipinski definition) is 2. The molecule has 1 amide bonds. The lowest BCUT2D eigenvalue weighted by molar-refractivity contribution is 0.0946. The molecule has 1 aliphatic rings. The summed E-state index contributed by atoms with van der Waals surface area (Å²) in [6.07, 6.45) is 5.88. The van der Waals surface area contributed by atoms with Crippen molar-refractivity contribution in [1.29, 1.82) is 0 Å². The molecule has 4 nitrogen and oxygen atoms in total. The van der Waals surface area contributed by atoms with E-state index in [4.69, 9.17) is 0 Å². The van der Waals surface area contributed by atoms with Gasteiger partial charge in [0.1, 0.15) is 11.3 Å². The Hall–Kier alpha value is -1.84. The molecule has 16 heavy (non-hydrogen) atoms. The highest BCUT2D eigenvalue weighted by molar-refractivity contribution is 5.93. The fraction of sp³-hybridized carbons (Fsp3) is 0.333. The van der Waals surface area contributed by atoms with Crippen LogP contribution in [0.15, 0.2) is 24.5 Å². The lowest BCUT2D eigenvalue weighted by Gasteiger charge is -1.97. The van der Waals surface area contributed by atoms with Gasteiger partial charge in [-0.1, -0.05) is 0 Å². The number of pyridine rings is 1. The van der Waals surface area contributed by atoms with Gasteiger partial charge < -0.3 is 9.72 Å². The van der Waals surface area contributed by atoms with Gasteiger partial charge in [0.05, 0.1) is 0 Å². The van der Waals surface area contributed by atoms with Gasteiger partial charge in [0.15, 0.2) is 0 Å². The average Bonchev–Trinajstić information content (AvgIpc) is 2.95. The van der Waals surface area contributed by atoms with E-state index < -0.39 is 0 Å². The number of rotatable bonds is 2. The third-order valence-corrected chi connectivity index (χ3v) is 2.76. The monoisotopic (exact) mass is 215 g/mol. The molecule has 3 rings (SSSR count). The molecule has 1 aliphatic carbocycles. The van der Waals surface area contributed by atoms with E-state index in [1.807, 2.05) is 29.7 Å². The summed E-state index contributed by atoms with van der Waals surface area (Å²) in [6, 6.07) is 4.34. The zero-order chi connectivity index (χ0) is 11.1. The number of nitrogens with zero attached hydrogens (tertiary/aromatic N) is 2. The molecule has 1 saturated carbocycles. The van der Waals surface area contributed by atoms with Crippen molar-refractivity contribution in [3.05, 3.63) is 35.8 Å². The summed E-state index contributed by atoms with van der Waals surface area (Å²) in [5.74, 6) is -0.0659. The molecule has 2 aromatic rings. The van der Waals surface area contributed by atoms with Crippen LogP contribution in [0.5, 0.6) is 0 Å². The molecule has 0 atom stereocenters. The van der Waals surface area contributed by atoms with Crippen LogP contribution in [0.3, 0.4) is 0 Å². The van der Waals surface area contributed by atoms with Gasteiger partial charge in [0, 0.05) is 18.4 Å². The Bertz CT molecular complexity index is 554. The van der Waals surface area contributed by atoms with Gasteiger partial charge >= 0.3 is 0 Å². The first-order chi connectivity index (χ1) is 7.72. The maximum Gasteiger partial charge on any atom is 0.271 e. The number of fused-ring (bicyclic) bond motifs is 1. The number of carbonyl (C=O) groups is 1. The minimum atomic E-state index is -0.0659. The number of amides is 1. The molecule has 0 unspecified atom stereocenters. The van der Waals surface area contributed by atoms with Crippen molar-refractivity contribution in [3.8, 4) is 0 Å². The third-order valence-electron chi connectivity index (χ3n) is 2.76. The van der Waals surface area contributed by atoms with Crippen molar-refractivity contribution in [1.82, 2.24) is 14.7 Å². The summed E-state index contributed by atoms with van der Waals surface area (Å²) in [5.41, 5.74) is 2.46. The zero-order valence-electron chi connectivity index (χ0n) is 9.10. The SMILES string of the molecule is Cc1ccn2cc(C(=O)NC3CC3)nc2c1. The first-order valence-corrected chi connectivity index (χ1v) is 5.48. The van der Waals surface area contributed by atoms with Gasteiger partial charge in [-0.2, -0.15) is 0 Å². The standard InChI is InChI=1S/C12H13N3O/c1-8-4-5-15-7-10(14-11(15)6-8)12(16)13-9-2-3-9/h4-7,9H,2-3H2,1H3,(H,13,16). The van der Waals surface area contributed by atoms with Crippen molar-refractivity contribution in [3.63, 3.8) is 0 Å². The Morgan fingerprint density at radius 1 is 1.56 bits per heavy atom. The van der Waals surface area contributed by atoms with E-state index in [2.05, 4.69) is 10.3 Å². The lowest BCUT2D eigenvalue weighted by atomic mass is 10.3. The van der Waals surface area contributed by atoms with Crippen LogP contribution in [0, 0.1) is 6.92 Å². The fourth-order valence-corrected chi connectivity index (χ4v) is 1.68. The van der Waals surface area contributed by atoms with Crippen LogP contribution in [0.4, 0.5) is 0 Å². The number of aryl methyl sites for hydroxylation is 1. The zero-order valence-corrected chi connectivity index (χ0v) is 9.10. The smallest absolute Gasteiger partial charge is 0.271 e. The first-order valence-electron chi connectivity index (χ1n) is 5.48. The highest BCUT2D eigenvalue weighted by Gasteiger charge is 2.24. The largest absolute Gasteiger partial charge is 0.348 e. The van der Waals surface area contributed by atoms with Gasteiger partial charge in [0.25, 0.3) is 5.91 Å². The Kier molecular flexibility index (Phi) is 1.96. The summed E-state index contributed by atoms with van der Waals surface area (Å²) in [7, 11) is 0. The van der Waals surface area contributed by atoms with Crippen LogP contribution in [-0.2, 0) is 0 Å². The van der Waals surface area contributed by atoms with E-state index in [9.17, 15) is 4.79 Å². The van der Waals surface area contributed by atoms with Crippen molar-refractivity contribution in [2.24, 2.45) is 0 Å². The van der Waals surface area contributed by atoms with Crippen molar-refractivity contribution in [2.75, 3.05) is 0 Å². The van der Waals surface area contributed by atoms with E-state index in [-0.39, 0.29) is 5.91 Å². The highest BCUT2D eigenvalue weighted by atomic mass is 16.2. The number of aromatic nitrogens is 2. The number of nitrogens with one attached hydrogen (secondary N) is 1. The second-order valence-electron chi connectivity index (χ2n) is 4.34. The summed E-state index contributed by atoms with van der Waals surface area (Å²) in [4.78, 5) is 16.1. The summed E-state index contributed by atoms with van der Waals surface area (Å²) in [5, 5.41) is 2.93. The second-order valence-corrected chi connectivity index (χ2v) is 4.34. The van der Waals surface area contributed by atoms with Crippen LogP contribution >= 0.6 is 0 Å². The molecule has 0 spiro atoms. The summed E-state index contributed by atoms with van der Waals surface area (Å²) in [6.45, 7) is 2.01. The second kappa shape index (κ2) is 3.33. The normalized spacial score (nSPS) is 15.3. The van der Waals surface area contributed by atoms with Crippen molar-refractivity contribution < 1.29 is 4.79 Å². The third kappa shape index (κ3) is 1.66. The first kappa shape index (κ1) is 9.39. The maximum atomic E-state index is 11.8. The van der Waals surface area contributed by atoms with Crippen LogP contribution in [0.2, 0.25) is 0 Å². The molecular weight excluding hydrogens is 202 g/mol. The molecule has 0 saturated heterocycles. The molecule has 0 radical (unpaired) electrons. The lowest BCUT2D eigenvalue weighted by Crippen LogP contribution is -2.25. The van der Waals surface area contributed by atoms with Gasteiger partial charge in [0.2, 0.25) is 0 Å². The van der Waals surface area contributed by atoms with Crippen molar-refractivity contribution >= 4 is 11.6 Å². The molecule has 0 aromatic carbocycles. The summed E-state index contributed by atoms with van der Waals surface area (Å²) >= 11 is 0. The average molecular weight is 215 g/mol. The number of imidazole rings is 1. The van der Waals surface area contributed by atoms with Crippen LogP contribution < -0.4 is 5.32 Å². The van der Waals surface area contributed by atoms with Gasteiger partial charge in [-0.3, -0.25) is 4.79 Å². The number of carbonyl (C=O) groups excluding carboxylic acids is 1. The molecule has 2 aromatic heterocycles. The van der Waals surface area contributed by atoms with E-state index in [1.165, 1.54) is 0 Å². The Morgan fingerprint density at radius 3 is 3.12 bits per heavy atom. The van der Waals surface area contributed by atoms with Crippen LogP contribution in [0.1, 0.15) is 28.9 Å². The Labute approximate surface area is 93.3 Å². The van der Waals surface area contributed by atoms with Gasteiger partial charge in [-0.15, -0.1) is 0 Å². The van der Waals surface area contributed by atoms with E-state index in [0.29, 0.717) is 11.7 Å². The molecule has 2 heterocycles. The minimum absolute atomic E-state index is 0.0659. The van der Waals surface area contributed by atoms with Gasteiger partial charge in [-0.05, 0) is 37.5 Å². The van der Waals surface area contributed by atoms with E-state index >= 15 is 0 Å². The van der Waals surface area contributed by atoms with Crippen LogP contribution in [0.25, 0.3) is 5.65 Å². The van der Waals surface area contributed by atoms with Crippen LogP contribution in [-0.4, -0.2) is 21.3 Å². The molecular formula is C12H13N3O. The Balaban J connectivity index is 1.94. The van der Waals surface area contributed by atoms with E-state index in [1.54, 1.807) is 6.20 Å². The molecule has 0 aliphatic heterocycles. The highest BCUT2D eigenvalue weighted by Crippen LogP contribution is 2.19. The molecule has 1 fully saturated rings. The molecule has 4 heteroatoms. The Morgan fingerprint density at radius 2 is 2.38 bits per heavy atom. The topological polar surface area (TPSA) is 46.4 Å². The fourth-order valence-electron chi connectivity index (χ4n) is 1.68. The molecule has 0 bridgehead atoms. The number of hydrogen-bond donors (Lipinski definition) is 1. The predicted octanol–water partition coefficient (Wildman–Crippen LogP) is 1.53. The molecule has 82 valence electrons. The van der Waals surface area contributed by atoms with Crippen molar-refractivity contribution in [2.45, 2.75) is 25.8 Å². The maximum absolute atomic E-state index is 11.8. The minimum Gasteiger partial charge on any atom is -0.348 e. The quantitative estimate of drug-likeness (QED) is 0.825. The molecule has 1 N–H and O–H groups in total.